The minimum Gasteiger partial charge on any atom is -0.305 e. The number of alkyl halides is 1. The Morgan fingerprint density at radius 1 is 1.21 bits per heavy atom. The summed E-state index contributed by atoms with van der Waals surface area (Å²) in [5, 5.41) is 12.6. The Hall–Kier alpha value is -2.33. The highest BCUT2D eigenvalue weighted by molar-refractivity contribution is 7.91. The molecule has 7 nitrogen and oxygen atoms in total. The van der Waals surface area contributed by atoms with Crippen LogP contribution in [-0.2, 0) is 42.1 Å². The first-order valence-corrected chi connectivity index (χ1v) is 11.3. The highest BCUT2D eigenvalue weighted by Crippen LogP contribution is 2.42. The third-order valence-corrected chi connectivity index (χ3v) is 7.46. The van der Waals surface area contributed by atoms with Gasteiger partial charge in [0.25, 0.3) is 0 Å². The molecule has 10 heteroatoms. The van der Waals surface area contributed by atoms with Crippen LogP contribution in [0, 0.1) is 5.82 Å². The molecule has 2 amide bonds. The van der Waals surface area contributed by atoms with E-state index in [1.54, 1.807) is 0 Å². The van der Waals surface area contributed by atoms with Crippen molar-refractivity contribution >= 4 is 21.6 Å². The summed E-state index contributed by atoms with van der Waals surface area (Å²) in [5.41, 5.74) is 3.57. The molecule has 1 aromatic heterocycles. The molecule has 0 saturated heterocycles. The van der Waals surface area contributed by atoms with Crippen LogP contribution in [0.2, 0.25) is 0 Å². The van der Waals surface area contributed by atoms with E-state index >= 15 is 0 Å². The van der Waals surface area contributed by atoms with E-state index in [9.17, 15) is 17.8 Å². The van der Waals surface area contributed by atoms with E-state index < -0.39 is 22.1 Å². The zero-order valence-electron chi connectivity index (χ0n) is 15.7. The van der Waals surface area contributed by atoms with E-state index in [4.69, 9.17) is 5.14 Å². The van der Waals surface area contributed by atoms with Crippen LogP contribution in [0.25, 0.3) is 0 Å². The summed E-state index contributed by atoms with van der Waals surface area (Å²) in [6.07, 6.45) is 4.25. The van der Waals surface area contributed by atoms with Gasteiger partial charge in [0.2, 0.25) is 0 Å². The van der Waals surface area contributed by atoms with Crippen molar-refractivity contribution in [3.63, 3.8) is 0 Å². The van der Waals surface area contributed by atoms with Crippen LogP contribution in [0.3, 0.4) is 0 Å². The number of nitrogens with zero attached hydrogens (tertiary/aromatic N) is 3. The van der Waals surface area contributed by atoms with Crippen LogP contribution >= 0.6 is 0 Å². The van der Waals surface area contributed by atoms with Gasteiger partial charge in [-0.05, 0) is 67.2 Å². The molecule has 1 aromatic carbocycles. The first kappa shape index (κ1) is 18.7. The predicted octanol–water partition coefficient (Wildman–Crippen LogP) is 3.35. The van der Waals surface area contributed by atoms with E-state index in [0.717, 1.165) is 17.5 Å². The zero-order chi connectivity index (χ0) is 20.3. The van der Waals surface area contributed by atoms with Crippen LogP contribution in [0.4, 0.5) is 19.3 Å². The molecule has 154 valence electrons. The molecule has 5 rings (SSSR count). The van der Waals surface area contributed by atoms with Crippen LogP contribution in [0.5, 0.6) is 0 Å². The number of rotatable bonds is 2. The number of hydrogen-bond acceptors (Lipinski definition) is 3. The van der Waals surface area contributed by atoms with Gasteiger partial charge in [0.15, 0.2) is 0 Å². The quantitative estimate of drug-likeness (QED) is 0.777. The number of carbonyl (C=O) groups excluding carboxylic acids is 1. The van der Waals surface area contributed by atoms with Crippen molar-refractivity contribution in [2.24, 2.45) is 9.50 Å². The number of halogens is 2. The van der Waals surface area contributed by atoms with Gasteiger partial charge in [-0.15, -0.1) is 4.36 Å². The molecule has 3 aliphatic rings. The van der Waals surface area contributed by atoms with Crippen LogP contribution in [0.15, 0.2) is 15.5 Å². The van der Waals surface area contributed by atoms with Gasteiger partial charge in [-0.25, -0.2) is 22.9 Å². The van der Waals surface area contributed by atoms with Gasteiger partial charge < -0.3 is 5.32 Å². The van der Waals surface area contributed by atoms with Gasteiger partial charge in [0, 0.05) is 12.2 Å². The van der Waals surface area contributed by atoms with Gasteiger partial charge in [-0.3, -0.25) is 4.68 Å². The highest BCUT2D eigenvalue weighted by Gasteiger charge is 2.32. The normalized spacial score (nSPS) is 21.4. The monoisotopic (exact) mass is 421 g/mol. The molecule has 2 atom stereocenters. The van der Waals surface area contributed by atoms with Crippen LogP contribution in [0.1, 0.15) is 53.4 Å². The minimum absolute atomic E-state index is 0.0443. The fourth-order valence-electron chi connectivity index (χ4n) is 4.63. The number of hydrogen-bond donors (Lipinski definition) is 2. The van der Waals surface area contributed by atoms with Gasteiger partial charge in [0.1, 0.15) is 26.8 Å². The predicted molar refractivity (Wildman–Crippen MR) is 103 cm³/mol. The molecule has 1 aliphatic heterocycles. The summed E-state index contributed by atoms with van der Waals surface area (Å²) < 4.78 is 47.0. The van der Waals surface area contributed by atoms with E-state index in [-0.39, 0.29) is 22.8 Å². The second kappa shape index (κ2) is 6.60. The molecule has 2 aromatic rings. The number of amides is 2. The zero-order valence-corrected chi connectivity index (χ0v) is 16.5. The second-order valence-electron chi connectivity index (χ2n) is 7.77. The summed E-state index contributed by atoms with van der Waals surface area (Å²) in [6, 6.07) is -0.876. The molecular weight excluding hydrogens is 400 g/mol. The lowest BCUT2D eigenvalue weighted by atomic mass is 9.83. The van der Waals surface area contributed by atoms with Crippen molar-refractivity contribution in [2.45, 2.75) is 62.6 Å². The topological polar surface area (TPSA) is 102 Å². The number of urea groups is 1. The summed E-state index contributed by atoms with van der Waals surface area (Å²) >= 11 is 0. The molecule has 0 spiro atoms. The van der Waals surface area contributed by atoms with Gasteiger partial charge >= 0.3 is 6.03 Å². The number of benzene rings is 1. The van der Waals surface area contributed by atoms with Crippen molar-refractivity contribution < 1.29 is 17.8 Å². The Balaban J connectivity index is 1.50. The lowest BCUT2D eigenvalue weighted by Gasteiger charge is -2.26. The van der Waals surface area contributed by atoms with Gasteiger partial charge in [0.05, 0.1) is 11.9 Å². The number of carbonyl (C=O) groups is 1. The first-order valence-electron chi connectivity index (χ1n) is 9.77. The molecule has 0 fully saturated rings. The molecule has 0 radical (unpaired) electrons. The molecule has 29 heavy (non-hydrogen) atoms. The molecule has 2 unspecified atom stereocenters. The summed E-state index contributed by atoms with van der Waals surface area (Å²) in [4.78, 5) is 12.5. The average molecular weight is 421 g/mol. The van der Waals surface area contributed by atoms with E-state index in [0.29, 0.717) is 55.5 Å². The third-order valence-electron chi connectivity index (χ3n) is 6.08. The first-order chi connectivity index (χ1) is 13.9. The number of aryl methyl sites for hydroxylation is 1. The SMILES string of the molecule is NS(=O)(=NC(=O)Nc1c2c(c(F)c3c1CC3)CCC2)c1cnn2c1C(F)CCC2. The number of aromatic nitrogens is 2. The maximum absolute atomic E-state index is 14.5. The largest absolute Gasteiger partial charge is 0.354 e. The lowest BCUT2D eigenvalue weighted by molar-refractivity contribution is 0.255. The Bertz CT molecular complexity index is 1170. The van der Waals surface area contributed by atoms with Crippen molar-refractivity contribution in [1.29, 1.82) is 0 Å². The Labute approximate surface area is 167 Å². The molecular formula is C19H21F2N5O2S. The second-order valence-corrected chi connectivity index (χ2v) is 9.53. The van der Waals surface area contributed by atoms with E-state index in [1.165, 1.54) is 10.9 Å². The number of anilines is 1. The molecule has 2 aliphatic carbocycles. The van der Waals surface area contributed by atoms with Crippen LogP contribution < -0.4 is 10.5 Å². The van der Waals surface area contributed by atoms with Crippen molar-refractivity contribution in [3.05, 3.63) is 40.0 Å². The fourth-order valence-corrected chi connectivity index (χ4v) is 5.75. The Morgan fingerprint density at radius 3 is 2.66 bits per heavy atom. The Morgan fingerprint density at radius 2 is 1.90 bits per heavy atom. The molecule has 0 saturated carbocycles. The number of fused-ring (bicyclic) bond motifs is 3. The smallest absolute Gasteiger partial charge is 0.305 e. The highest BCUT2D eigenvalue weighted by atomic mass is 32.2. The van der Waals surface area contributed by atoms with Crippen molar-refractivity contribution in [3.8, 4) is 0 Å². The summed E-state index contributed by atoms with van der Waals surface area (Å²) in [7, 11) is -3.67. The standard InChI is InChI=1S/C19H21F2N5O2S/c20-14-5-2-8-26-18(14)15(9-23-26)29(22,28)25-19(27)24-17-12-4-1-3-10(12)16(21)11-6-7-13(11)17/h9,14H,1-8H2,(H3,22,24,25,27,28). The van der Waals surface area contributed by atoms with Gasteiger partial charge in [-0.2, -0.15) is 5.10 Å². The molecule has 2 heterocycles. The third kappa shape index (κ3) is 2.88. The van der Waals surface area contributed by atoms with E-state index in [2.05, 4.69) is 14.8 Å². The number of nitrogens with two attached hydrogens (primary N) is 1. The fraction of sp³-hybridized carbons (Fsp3) is 0.474. The summed E-state index contributed by atoms with van der Waals surface area (Å²) in [5.74, 6) is -0.156. The average Bonchev–Trinajstić information content (AvgIpc) is 3.27. The van der Waals surface area contributed by atoms with Crippen molar-refractivity contribution in [1.82, 2.24) is 9.78 Å². The van der Waals surface area contributed by atoms with Gasteiger partial charge in [-0.1, -0.05) is 0 Å². The Kier molecular flexibility index (Phi) is 4.25. The number of nitrogens with one attached hydrogen (secondary N) is 1. The summed E-state index contributed by atoms with van der Waals surface area (Å²) in [6.45, 7) is 0.505. The van der Waals surface area contributed by atoms with E-state index in [1.807, 2.05) is 0 Å². The minimum atomic E-state index is -3.67. The van der Waals surface area contributed by atoms with Crippen LogP contribution in [-0.4, -0.2) is 20.0 Å². The molecule has 0 bridgehead atoms. The van der Waals surface area contributed by atoms with Crippen molar-refractivity contribution in [2.75, 3.05) is 5.32 Å². The lowest BCUT2D eigenvalue weighted by Crippen LogP contribution is -2.23. The maximum atomic E-state index is 14.5. The molecule has 3 N–H and O–H groups in total. The maximum Gasteiger partial charge on any atom is 0.354 e.